The SMILES string of the molecule is COc1cc(I)c(Cl)cc1CNC1=NCCN1C.I. The smallest absolute Gasteiger partial charge is 0.194 e. The van der Waals surface area contributed by atoms with Crippen LogP contribution in [0, 0.1) is 3.57 Å². The lowest BCUT2D eigenvalue weighted by Gasteiger charge is -2.16. The number of nitrogens with zero attached hydrogens (tertiary/aromatic N) is 2. The van der Waals surface area contributed by atoms with Gasteiger partial charge in [0.1, 0.15) is 5.75 Å². The monoisotopic (exact) mass is 507 g/mol. The number of hydrogen-bond acceptors (Lipinski definition) is 4. The van der Waals surface area contributed by atoms with Gasteiger partial charge in [-0.05, 0) is 34.7 Å². The molecule has 0 unspecified atom stereocenters. The molecule has 1 aliphatic heterocycles. The van der Waals surface area contributed by atoms with E-state index in [-0.39, 0.29) is 24.0 Å². The number of nitrogens with one attached hydrogen (secondary N) is 1. The summed E-state index contributed by atoms with van der Waals surface area (Å²) in [5.41, 5.74) is 1.03. The number of halogens is 3. The van der Waals surface area contributed by atoms with Gasteiger partial charge < -0.3 is 15.0 Å². The number of methoxy groups -OCH3 is 1. The quantitative estimate of drug-likeness (QED) is 0.640. The average molecular weight is 508 g/mol. The molecule has 0 fully saturated rings. The van der Waals surface area contributed by atoms with Crippen molar-refractivity contribution in [1.82, 2.24) is 10.2 Å². The average Bonchev–Trinajstić information content (AvgIpc) is 2.76. The van der Waals surface area contributed by atoms with Crippen LogP contribution in [0.15, 0.2) is 17.1 Å². The fraction of sp³-hybridized carbons (Fsp3) is 0.417. The maximum absolute atomic E-state index is 6.14. The molecular formula is C12H16ClI2N3O. The second-order valence-electron chi connectivity index (χ2n) is 4.06. The first-order valence-corrected chi connectivity index (χ1v) is 7.09. The molecule has 1 aromatic carbocycles. The molecule has 0 spiro atoms. The summed E-state index contributed by atoms with van der Waals surface area (Å²) in [6.07, 6.45) is 0. The van der Waals surface area contributed by atoms with Crippen LogP contribution in [0.2, 0.25) is 5.02 Å². The Bertz CT molecular complexity index is 482. The first kappa shape index (κ1) is 17.1. The Hall–Kier alpha value is 0.0400. The number of aliphatic imine (C=N–C) groups is 1. The molecule has 4 nitrogen and oxygen atoms in total. The first-order chi connectivity index (χ1) is 8.61. The highest BCUT2D eigenvalue weighted by Crippen LogP contribution is 2.28. The van der Waals surface area contributed by atoms with Crippen LogP contribution >= 0.6 is 58.2 Å². The number of likely N-dealkylation sites (N-methyl/N-ethyl adjacent to an activating group) is 1. The topological polar surface area (TPSA) is 36.9 Å². The molecule has 1 heterocycles. The number of guanidine groups is 1. The van der Waals surface area contributed by atoms with Crippen molar-refractivity contribution >= 4 is 64.1 Å². The van der Waals surface area contributed by atoms with Crippen LogP contribution < -0.4 is 10.1 Å². The van der Waals surface area contributed by atoms with Crippen LogP contribution in [0.5, 0.6) is 5.75 Å². The summed E-state index contributed by atoms with van der Waals surface area (Å²) in [4.78, 5) is 6.48. The van der Waals surface area contributed by atoms with Crippen molar-refractivity contribution in [3.8, 4) is 5.75 Å². The van der Waals surface area contributed by atoms with Crippen LogP contribution in [0.25, 0.3) is 0 Å². The van der Waals surface area contributed by atoms with Crippen molar-refractivity contribution in [1.29, 1.82) is 0 Å². The fourth-order valence-corrected chi connectivity index (χ4v) is 2.42. The minimum Gasteiger partial charge on any atom is -0.496 e. The zero-order chi connectivity index (χ0) is 13.1. The molecule has 19 heavy (non-hydrogen) atoms. The van der Waals surface area contributed by atoms with Crippen molar-refractivity contribution in [2.75, 3.05) is 27.2 Å². The molecule has 0 saturated heterocycles. The van der Waals surface area contributed by atoms with Crippen molar-refractivity contribution in [2.45, 2.75) is 6.54 Å². The molecule has 0 aromatic heterocycles. The molecule has 2 rings (SSSR count). The van der Waals surface area contributed by atoms with E-state index in [4.69, 9.17) is 16.3 Å². The number of ether oxygens (including phenoxy) is 1. The lowest BCUT2D eigenvalue weighted by Crippen LogP contribution is -2.35. The van der Waals surface area contributed by atoms with E-state index in [1.807, 2.05) is 19.2 Å². The van der Waals surface area contributed by atoms with Gasteiger partial charge in [-0.15, -0.1) is 24.0 Å². The van der Waals surface area contributed by atoms with E-state index < -0.39 is 0 Å². The van der Waals surface area contributed by atoms with Crippen LogP contribution in [-0.2, 0) is 6.54 Å². The van der Waals surface area contributed by atoms with E-state index in [1.54, 1.807) is 7.11 Å². The highest BCUT2D eigenvalue weighted by atomic mass is 127. The Morgan fingerprint density at radius 2 is 2.26 bits per heavy atom. The minimum absolute atomic E-state index is 0. The Kier molecular flexibility index (Phi) is 6.95. The van der Waals surface area contributed by atoms with Gasteiger partial charge in [-0.1, -0.05) is 11.6 Å². The number of hydrogen-bond donors (Lipinski definition) is 1. The molecule has 7 heteroatoms. The van der Waals surface area contributed by atoms with E-state index >= 15 is 0 Å². The molecule has 0 radical (unpaired) electrons. The lowest BCUT2D eigenvalue weighted by molar-refractivity contribution is 0.408. The largest absolute Gasteiger partial charge is 0.496 e. The normalized spacial score (nSPS) is 13.9. The van der Waals surface area contributed by atoms with Gasteiger partial charge in [0.05, 0.1) is 18.7 Å². The Morgan fingerprint density at radius 1 is 1.53 bits per heavy atom. The molecule has 0 aliphatic carbocycles. The fourth-order valence-electron chi connectivity index (χ4n) is 1.80. The summed E-state index contributed by atoms with van der Waals surface area (Å²) in [5, 5.41) is 4.05. The molecule has 106 valence electrons. The van der Waals surface area contributed by atoms with E-state index in [0.29, 0.717) is 6.54 Å². The Balaban J connectivity index is 0.00000180. The van der Waals surface area contributed by atoms with E-state index in [2.05, 4.69) is 37.8 Å². The maximum atomic E-state index is 6.14. The van der Waals surface area contributed by atoms with Crippen LogP contribution in [-0.4, -0.2) is 38.1 Å². The molecule has 0 saturated carbocycles. The summed E-state index contributed by atoms with van der Waals surface area (Å²) in [5.74, 6) is 1.77. The first-order valence-electron chi connectivity index (χ1n) is 5.63. The van der Waals surface area contributed by atoms with E-state index in [1.165, 1.54) is 0 Å². The summed E-state index contributed by atoms with van der Waals surface area (Å²) < 4.78 is 6.36. The minimum atomic E-state index is 0. The third-order valence-electron chi connectivity index (χ3n) is 2.82. The highest BCUT2D eigenvalue weighted by Gasteiger charge is 2.13. The summed E-state index contributed by atoms with van der Waals surface area (Å²) in [6.45, 7) is 2.47. The van der Waals surface area contributed by atoms with Crippen LogP contribution in [0.3, 0.4) is 0 Å². The van der Waals surface area contributed by atoms with E-state index in [9.17, 15) is 0 Å². The Labute approximate surface area is 149 Å². The van der Waals surface area contributed by atoms with Gasteiger partial charge in [0.25, 0.3) is 0 Å². The van der Waals surface area contributed by atoms with Gasteiger partial charge in [0.15, 0.2) is 5.96 Å². The molecular weight excluding hydrogens is 491 g/mol. The summed E-state index contributed by atoms with van der Waals surface area (Å²) in [7, 11) is 3.69. The second kappa shape index (κ2) is 7.72. The molecule has 0 amide bonds. The van der Waals surface area contributed by atoms with Gasteiger partial charge in [0, 0.05) is 29.3 Å². The lowest BCUT2D eigenvalue weighted by atomic mass is 10.2. The van der Waals surface area contributed by atoms with Crippen molar-refractivity contribution < 1.29 is 4.74 Å². The predicted molar refractivity (Wildman–Crippen MR) is 97.9 cm³/mol. The van der Waals surface area contributed by atoms with E-state index in [0.717, 1.165) is 39.0 Å². The molecule has 1 aromatic rings. The van der Waals surface area contributed by atoms with Crippen molar-refractivity contribution in [3.63, 3.8) is 0 Å². The molecule has 0 atom stereocenters. The second-order valence-corrected chi connectivity index (χ2v) is 5.63. The molecule has 1 aliphatic rings. The standard InChI is InChI=1S/C12H15ClIN3O.HI/c1-17-4-3-15-12(17)16-7-8-5-9(13)10(14)6-11(8)18-2;/h5-6H,3-4,7H2,1-2H3,(H,15,16);1H. The summed E-state index contributed by atoms with van der Waals surface area (Å²) in [6, 6.07) is 3.88. The highest BCUT2D eigenvalue weighted by molar-refractivity contribution is 14.1. The molecule has 0 bridgehead atoms. The van der Waals surface area contributed by atoms with Gasteiger partial charge in [-0.2, -0.15) is 0 Å². The summed E-state index contributed by atoms with van der Waals surface area (Å²) >= 11 is 8.33. The van der Waals surface area contributed by atoms with Gasteiger partial charge in [-0.3, -0.25) is 4.99 Å². The Morgan fingerprint density at radius 3 is 2.84 bits per heavy atom. The van der Waals surface area contributed by atoms with Gasteiger partial charge >= 0.3 is 0 Å². The van der Waals surface area contributed by atoms with Crippen LogP contribution in [0.1, 0.15) is 5.56 Å². The van der Waals surface area contributed by atoms with Gasteiger partial charge in [0.2, 0.25) is 0 Å². The number of benzene rings is 1. The number of rotatable bonds is 3. The van der Waals surface area contributed by atoms with Crippen molar-refractivity contribution in [2.24, 2.45) is 4.99 Å². The maximum Gasteiger partial charge on any atom is 0.194 e. The molecule has 1 N–H and O–H groups in total. The third-order valence-corrected chi connectivity index (χ3v) is 4.34. The zero-order valence-corrected chi connectivity index (χ0v) is 16.0. The van der Waals surface area contributed by atoms with Crippen molar-refractivity contribution in [3.05, 3.63) is 26.3 Å². The predicted octanol–water partition coefficient (Wildman–Crippen LogP) is 2.96. The van der Waals surface area contributed by atoms with Gasteiger partial charge in [-0.25, -0.2) is 0 Å². The third kappa shape index (κ3) is 4.25. The zero-order valence-electron chi connectivity index (χ0n) is 10.7. The van der Waals surface area contributed by atoms with Crippen LogP contribution in [0.4, 0.5) is 0 Å².